The van der Waals surface area contributed by atoms with Crippen LogP contribution < -0.4 is 0 Å². The van der Waals surface area contributed by atoms with Crippen molar-refractivity contribution in [1.82, 2.24) is 24.1 Å². The minimum atomic E-state index is 0.601. The summed E-state index contributed by atoms with van der Waals surface area (Å²) in [6.45, 7) is 4.35. The van der Waals surface area contributed by atoms with Crippen LogP contribution in [0, 0.1) is 13.8 Å². The van der Waals surface area contributed by atoms with Gasteiger partial charge >= 0.3 is 0 Å². The third-order valence-corrected chi connectivity index (χ3v) is 12.6. The van der Waals surface area contributed by atoms with Gasteiger partial charge in [0.05, 0.1) is 27.8 Å². The molecule has 0 fully saturated rings. The Hall–Kier alpha value is -8.41. The molecule has 9 aromatic carbocycles. The zero-order chi connectivity index (χ0) is 42.7. The van der Waals surface area contributed by atoms with Gasteiger partial charge in [-0.05, 0) is 102 Å². The van der Waals surface area contributed by atoms with Crippen molar-refractivity contribution in [2.45, 2.75) is 13.8 Å². The number of rotatable bonds is 7. The molecule has 12 rings (SSSR count). The van der Waals surface area contributed by atoms with Gasteiger partial charge in [-0.1, -0.05) is 157 Å². The van der Waals surface area contributed by atoms with Gasteiger partial charge in [0, 0.05) is 43.9 Å². The first kappa shape index (κ1) is 37.4. The lowest BCUT2D eigenvalue weighted by Crippen LogP contribution is -2.04. The van der Waals surface area contributed by atoms with Gasteiger partial charge in [-0.3, -0.25) is 0 Å². The van der Waals surface area contributed by atoms with Crippen LogP contribution in [-0.4, -0.2) is 24.1 Å². The maximum absolute atomic E-state index is 5.32. The molecule has 5 nitrogen and oxygen atoms in total. The number of fused-ring (bicyclic) bond motifs is 6. The van der Waals surface area contributed by atoms with Crippen LogP contribution >= 0.6 is 0 Å². The Morgan fingerprint density at radius 3 is 1.44 bits per heavy atom. The molecule has 0 spiro atoms. The SMILES string of the molecule is Cc1ccc(-c2ccc3c(c2)c2ccccc2n3-c2ccc(-c3ccc4c(c3)c3ccccc3n4-c3ccccc3)cc2-c2nc(-c3ccccc3)nc(-c3ccccc3)n2)c(C)c1. The summed E-state index contributed by atoms with van der Waals surface area (Å²) >= 11 is 0. The molecule has 3 aromatic heterocycles. The van der Waals surface area contributed by atoms with Crippen molar-refractivity contribution in [3.05, 3.63) is 223 Å². The first-order chi connectivity index (χ1) is 31.6. The number of hydrogen-bond donors (Lipinski definition) is 0. The molecule has 0 bridgehead atoms. The van der Waals surface area contributed by atoms with Gasteiger partial charge in [0.25, 0.3) is 0 Å². The number of hydrogen-bond acceptors (Lipinski definition) is 3. The van der Waals surface area contributed by atoms with E-state index < -0.39 is 0 Å². The summed E-state index contributed by atoms with van der Waals surface area (Å²) < 4.78 is 4.75. The Balaban J connectivity index is 1.12. The van der Waals surface area contributed by atoms with Crippen LogP contribution in [0.3, 0.4) is 0 Å². The summed E-state index contributed by atoms with van der Waals surface area (Å²) in [5.74, 6) is 1.84. The highest BCUT2D eigenvalue weighted by Gasteiger charge is 2.22. The first-order valence-electron chi connectivity index (χ1n) is 21.8. The lowest BCUT2D eigenvalue weighted by molar-refractivity contribution is 1.06. The van der Waals surface area contributed by atoms with E-state index in [4.69, 9.17) is 15.0 Å². The normalized spacial score (nSPS) is 11.6. The van der Waals surface area contributed by atoms with Gasteiger partial charge < -0.3 is 9.13 Å². The first-order valence-corrected chi connectivity index (χ1v) is 21.8. The van der Waals surface area contributed by atoms with E-state index in [1.54, 1.807) is 0 Å². The monoisotopic (exact) mass is 819 g/mol. The van der Waals surface area contributed by atoms with Crippen LogP contribution in [0.15, 0.2) is 212 Å². The quantitative estimate of drug-likeness (QED) is 0.161. The second kappa shape index (κ2) is 15.2. The zero-order valence-electron chi connectivity index (χ0n) is 35.4. The fourth-order valence-electron chi connectivity index (χ4n) is 9.56. The lowest BCUT2D eigenvalue weighted by Gasteiger charge is -2.17. The highest BCUT2D eigenvalue weighted by atomic mass is 15.1. The van der Waals surface area contributed by atoms with Gasteiger partial charge in [-0.25, -0.2) is 15.0 Å². The average molecular weight is 820 g/mol. The maximum atomic E-state index is 5.32. The predicted octanol–water partition coefficient (Wildman–Crippen LogP) is 15.0. The van der Waals surface area contributed by atoms with Crippen LogP contribution in [0.5, 0.6) is 0 Å². The Morgan fingerprint density at radius 1 is 0.312 bits per heavy atom. The summed E-state index contributed by atoms with van der Waals surface area (Å²) in [5.41, 5.74) is 16.6. The summed E-state index contributed by atoms with van der Waals surface area (Å²) in [6.07, 6.45) is 0. The zero-order valence-corrected chi connectivity index (χ0v) is 35.4. The van der Waals surface area contributed by atoms with E-state index in [1.165, 1.54) is 49.3 Å². The highest BCUT2D eigenvalue weighted by molar-refractivity contribution is 6.12. The van der Waals surface area contributed by atoms with Crippen LogP contribution in [0.4, 0.5) is 0 Å². The van der Waals surface area contributed by atoms with Gasteiger partial charge in [0.15, 0.2) is 17.5 Å². The van der Waals surface area contributed by atoms with Crippen molar-refractivity contribution in [3.63, 3.8) is 0 Å². The topological polar surface area (TPSA) is 48.5 Å². The van der Waals surface area contributed by atoms with Gasteiger partial charge in [0.2, 0.25) is 0 Å². The van der Waals surface area contributed by atoms with Crippen LogP contribution in [0.2, 0.25) is 0 Å². The van der Waals surface area contributed by atoms with E-state index in [2.05, 4.69) is 199 Å². The Kier molecular flexibility index (Phi) is 8.87. The molecular weight excluding hydrogens is 779 g/mol. The lowest BCUT2D eigenvalue weighted by atomic mass is 9.97. The summed E-state index contributed by atoms with van der Waals surface area (Å²) in [5, 5.41) is 4.78. The molecule has 0 aliphatic rings. The van der Waals surface area contributed by atoms with E-state index >= 15 is 0 Å². The maximum Gasteiger partial charge on any atom is 0.166 e. The third kappa shape index (κ3) is 6.28. The molecule has 0 aliphatic carbocycles. The molecule has 0 radical (unpaired) electrons. The third-order valence-electron chi connectivity index (χ3n) is 12.6. The minimum absolute atomic E-state index is 0.601. The Bertz CT molecular complexity index is 3680. The smallest absolute Gasteiger partial charge is 0.166 e. The van der Waals surface area contributed by atoms with E-state index in [1.807, 2.05) is 36.4 Å². The fraction of sp³-hybridized carbons (Fsp3) is 0.0339. The second-order valence-electron chi connectivity index (χ2n) is 16.6. The molecule has 64 heavy (non-hydrogen) atoms. The molecule has 0 unspecified atom stereocenters. The standard InChI is InChI=1S/C59H41N5/c1-38-26-30-46(39(2)34-38)44-29-33-55-50(37-44)48-23-13-15-25-53(48)64(55)56-32-28-43(42-27-31-54-49(35-42)47-22-12-14-24-52(47)63(54)45-20-10-5-11-21-45)36-51(56)59-61-57(40-16-6-3-7-17-40)60-58(62-59)41-18-8-4-9-19-41/h3-37H,1-2H3. The van der Waals surface area contributed by atoms with Crippen molar-refractivity contribution >= 4 is 43.6 Å². The summed E-state index contributed by atoms with van der Waals surface area (Å²) in [7, 11) is 0. The molecule has 12 aromatic rings. The van der Waals surface area contributed by atoms with Gasteiger partial charge in [-0.15, -0.1) is 0 Å². The second-order valence-corrected chi connectivity index (χ2v) is 16.6. The van der Waals surface area contributed by atoms with Crippen molar-refractivity contribution in [1.29, 1.82) is 0 Å². The van der Waals surface area contributed by atoms with E-state index in [0.717, 1.165) is 55.7 Å². The van der Waals surface area contributed by atoms with Crippen molar-refractivity contribution in [3.8, 4) is 67.8 Å². The Morgan fingerprint density at radius 2 is 0.797 bits per heavy atom. The van der Waals surface area contributed by atoms with Crippen LogP contribution in [0.25, 0.3) is 111 Å². The molecule has 0 amide bonds. The largest absolute Gasteiger partial charge is 0.309 e. The molecule has 0 aliphatic heterocycles. The predicted molar refractivity (Wildman–Crippen MR) is 265 cm³/mol. The van der Waals surface area contributed by atoms with Gasteiger partial charge in [0.1, 0.15) is 0 Å². The van der Waals surface area contributed by atoms with Crippen molar-refractivity contribution in [2.75, 3.05) is 0 Å². The molecule has 0 saturated heterocycles. The molecule has 5 heteroatoms. The van der Waals surface area contributed by atoms with Crippen LogP contribution in [-0.2, 0) is 0 Å². The van der Waals surface area contributed by atoms with E-state index in [9.17, 15) is 0 Å². The molecular formula is C59H41N5. The van der Waals surface area contributed by atoms with E-state index in [0.29, 0.717) is 17.5 Å². The highest BCUT2D eigenvalue weighted by Crippen LogP contribution is 2.41. The number of aromatic nitrogens is 5. The molecule has 0 atom stereocenters. The molecule has 302 valence electrons. The number of aryl methyl sites for hydroxylation is 2. The van der Waals surface area contributed by atoms with Crippen molar-refractivity contribution in [2.24, 2.45) is 0 Å². The van der Waals surface area contributed by atoms with Gasteiger partial charge in [-0.2, -0.15) is 0 Å². The Labute approximate surface area is 371 Å². The molecule has 0 saturated carbocycles. The van der Waals surface area contributed by atoms with Crippen molar-refractivity contribution < 1.29 is 0 Å². The summed E-state index contributed by atoms with van der Waals surface area (Å²) in [6, 6.07) is 75.6. The number of nitrogens with zero attached hydrogens (tertiary/aromatic N) is 5. The average Bonchev–Trinajstić information content (AvgIpc) is 3.86. The fourth-order valence-corrected chi connectivity index (χ4v) is 9.56. The van der Waals surface area contributed by atoms with E-state index in [-0.39, 0.29) is 0 Å². The summed E-state index contributed by atoms with van der Waals surface area (Å²) in [4.78, 5) is 15.7. The molecule has 3 heterocycles. The molecule has 0 N–H and O–H groups in total. The number of benzene rings is 9. The van der Waals surface area contributed by atoms with Crippen LogP contribution in [0.1, 0.15) is 11.1 Å². The number of para-hydroxylation sites is 3. The minimum Gasteiger partial charge on any atom is -0.309 e.